The van der Waals surface area contributed by atoms with Crippen LogP contribution < -0.4 is 14.2 Å². The van der Waals surface area contributed by atoms with E-state index in [1.165, 1.54) is 11.8 Å². The standard InChI is InChI=1S/C18H19N3O3S/c1-22-14-6-4-12(5-7-14)17-19-18(21-20-17)25-11-13-10-15(23-2)8-9-16(13)24-3/h4-10H,11H2,1-3H3,(H,19,20,21). The first-order chi connectivity index (χ1) is 12.2. The van der Waals surface area contributed by atoms with Crippen molar-refractivity contribution in [3.05, 3.63) is 48.0 Å². The van der Waals surface area contributed by atoms with Crippen LogP contribution in [0.15, 0.2) is 47.6 Å². The van der Waals surface area contributed by atoms with Crippen molar-refractivity contribution in [3.63, 3.8) is 0 Å². The zero-order chi connectivity index (χ0) is 17.6. The van der Waals surface area contributed by atoms with E-state index in [1.54, 1.807) is 21.3 Å². The van der Waals surface area contributed by atoms with Crippen molar-refractivity contribution in [2.24, 2.45) is 0 Å². The van der Waals surface area contributed by atoms with Gasteiger partial charge < -0.3 is 14.2 Å². The second-order valence-corrected chi connectivity index (χ2v) is 6.10. The van der Waals surface area contributed by atoms with E-state index in [9.17, 15) is 0 Å². The predicted molar refractivity (Wildman–Crippen MR) is 97.5 cm³/mol. The number of methoxy groups -OCH3 is 3. The fourth-order valence-corrected chi connectivity index (χ4v) is 3.10. The number of nitrogens with one attached hydrogen (secondary N) is 1. The van der Waals surface area contributed by atoms with Crippen LogP contribution in [0, 0.1) is 0 Å². The van der Waals surface area contributed by atoms with E-state index in [4.69, 9.17) is 14.2 Å². The number of nitrogens with zero attached hydrogens (tertiary/aromatic N) is 2. The molecule has 7 heteroatoms. The van der Waals surface area contributed by atoms with E-state index < -0.39 is 0 Å². The number of thioether (sulfide) groups is 1. The van der Waals surface area contributed by atoms with E-state index in [0.29, 0.717) is 10.9 Å². The number of benzene rings is 2. The quantitative estimate of drug-likeness (QED) is 0.649. The van der Waals surface area contributed by atoms with E-state index in [2.05, 4.69) is 15.2 Å². The maximum Gasteiger partial charge on any atom is 0.209 e. The Balaban J connectivity index is 1.71. The molecular weight excluding hydrogens is 338 g/mol. The van der Waals surface area contributed by atoms with Crippen LogP contribution in [0.2, 0.25) is 0 Å². The lowest BCUT2D eigenvalue weighted by molar-refractivity contribution is 0.400. The highest BCUT2D eigenvalue weighted by Crippen LogP contribution is 2.30. The number of aromatic amines is 1. The molecule has 0 amide bonds. The third-order valence-corrected chi connectivity index (χ3v) is 4.57. The zero-order valence-electron chi connectivity index (χ0n) is 14.3. The first kappa shape index (κ1) is 17.2. The summed E-state index contributed by atoms with van der Waals surface area (Å²) < 4.78 is 15.8. The van der Waals surface area contributed by atoms with Gasteiger partial charge in [0.25, 0.3) is 0 Å². The van der Waals surface area contributed by atoms with Gasteiger partial charge in [-0.3, -0.25) is 5.10 Å². The molecule has 0 aliphatic carbocycles. The average molecular weight is 357 g/mol. The van der Waals surface area contributed by atoms with Gasteiger partial charge in [-0.05, 0) is 42.5 Å². The molecule has 25 heavy (non-hydrogen) atoms. The fourth-order valence-electron chi connectivity index (χ4n) is 2.33. The van der Waals surface area contributed by atoms with Gasteiger partial charge in [-0.1, -0.05) is 11.8 Å². The number of ether oxygens (including phenoxy) is 3. The Kier molecular flexibility index (Phi) is 5.45. The van der Waals surface area contributed by atoms with Crippen molar-refractivity contribution < 1.29 is 14.2 Å². The first-order valence-corrected chi connectivity index (χ1v) is 8.62. The van der Waals surface area contributed by atoms with Gasteiger partial charge in [-0.15, -0.1) is 5.10 Å². The Morgan fingerprint density at radius 3 is 2.32 bits per heavy atom. The minimum absolute atomic E-state index is 0.677. The second-order valence-electron chi connectivity index (χ2n) is 5.16. The molecule has 0 saturated heterocycles. The van der Waals surface area contributed by atoms with Crippen LogP contribution in [0.1, 0.15) is 5.56 Å². The molecule has 0 aliphatic rings. The highest BCUT2D eigenvalue weighted by atomic mass is 32.2. The van der Waals surface area contributed by atoms with Crippen LogP contribution in [0.5, 0.6) is 17.2 Å². The summed E-state index contributed by atoms with van der Waals surface area (Å²) >= 11 is 1.53. The topological polar surface area (TPSA) is 69.3 Å². The molecule has 0 atom stereocenters. The molecule has 0 saturated carbocycles. The summed E-state index contributed by atoms with van der Waals surface area (Å²) in [5.74, 6) is 3.83. The van der Waals surface area contributed by atoms with E-state index in [0.717, 1.165) is 34.2 Å². The largest absolute Gasteiger partial charge is 0.497 e. The van der Waals surface area contributed by atoms with E-state index >= 15 is 0 Å². The van der Waals surface area contributed by atoms with Gasteiger partial charge in [0.1, 0.15) is 17.2 Å². The third-order valence-electron chi connectivity index (χ3n) is 3.67. The summed E-state index contributed by atoms with van der Waals surface area (Å²) in [6.07, 6.45) is 0. The molecule has 1 heterocycles. The third kappa shape index (κ3) is 4.06. The van der Waals surface area contributed by atoms with Crippen LogP contribution in [-0.4, -0.2) is 36.5 Å². The van der Waals surface area contributed by atoms with E-state index in [1.807, 2.05) is 42.5 Å². The van der Waals surface area contributed by atoms with Gasteiger partial charge in [0.2, 0.25) is 5.16 Å². The van der Waals surface area contributed by atoms with Crippen LogP contribution >= 0.6 is 11.8 Å². The number of rotatable bonds is 7. The second kappa shape index (κ2) is 7.94. The molecule has 6 nitrogen and oxygen atoms in total. The van der Waals surface area contributed by atoms with E-state index in [-0.39, 0.29) is 0 Å². The summed E-state index contributed by atoms with van der Waals surface area (Å²) in [6.45, 7) is 0. The Bertz CT molecular complexity index is 834. The molecule has 0 radical (unpaired) electrons. The molecule has 0 spiro atoms. The Labute approximate surface area is 150 Å². The smallest absolute Gasteiger partial charge is 0.209 e. The summed E-state index contributed by atoms with van der Waals surface area (Å²) in [6, 6.07) is 13.4. The molecular formula is C18H19N3O3S. The lowest BCUT2D eigenvalue weighted by Crippen LogP contribution is -1.92. The van der Waals surface area contributed by atoms with Crippen molar-refractivity contribution in [1.82, 2.24) is 15.2 Å². The molecule has 1 N–H and O–H groups in total. The highest BCUT2D eigenvalue weighted by Gasteiger charge is 2.10. The SMILES string of the molecule is COc1ccc(-c2nc(SCc3cc(OC)ccc3OC)n[nH]2)cc1. The normalized spacial score (nSPS) is 10.5. The predicted octanol–water partition coefficient (Wildman–Crippen LogP) is 3.79. The number of hydrogen-bond acceptors (Lipinski definition) is 6. The minimum atomic E-state index is 0.677. The fraction of sp³-hybridized carbons (Fsp3) is 0.222. The highest BCUT2D eigenvalue weighted by molar-refractivity contribution is 7.98. The molecule has 130 valence electrons. The van der Waals surface area contributed by atoms with Gasteiger partial charge in [0, 0.05) is 16.9 Å². The van der Waals surface area contributed by atoms with Gasteiger partial charge in [0.15, 0.2) is 5.82 Å². The van der Waals surface area contributed by atoms with Crippen molar-refractivity contribution in [2.45, 2.75) is 10.9 Å². The summed E-state index contributed by atoms with van der Waals surface area (Å²) in [5.41, 5.74) is 1.99. The summed E-state index contributed by atoms with van der Waals surface area (Å²) in [5, 5.41) is 7.92. The van der Waals surface area contributed by atoms with Gasteiger partial charge in [0.05, 0.1) is 21.3 Å². The molecule has 0 bridgehead atoms. The van der Waals surface area contributed by atoms with Gasteiger partial charge in [-0.2, -0.15) is 0 Å². The molecule has 0 fully saturated rings. The maximum absolute atomic E-state index is 5.40. The molecule has 3 rings (SSSR count). The number of H-pyrrole nitrogens is 1. The van der Waals surface area contributed by atoms with Crippen molar-refractivity contribution >= 4 is 11.8 Å². The summed E-state index contributed by atoms with van der Waals surface area (Å²) in [7, 11) is 4.95. The lowest BCUT2D eigenvalue weighted by atomic mass is 10.2. The monoisotopic (exact) mass is 357 g/mol. The van der Waals surface area contributed by atoms with Crippen LogP contribution in [0.3, 0.4) is 0 Å². The average Bonchev–Trinajstić information content (AvgIpc) is 3.15. The van der Waals surface area contributed by atoms with Gasteiger partial charge >= 0.3 is 0 Å². The molecule has 0 unspecified atom stereocenters. The zero-order valence-corrected chi connectivity index (χ0v) is 15.1. The first-order valence-electron chi connectivity index (χ1n) is 7.64. The maximum atomic E-state index is 5.40. The Morgan fingerprint density at radius 2 is 1.64 bits per heavy atom. The van der Waals surface area contributed by atoms with Crippen LogP contribution in [-0.2, 0) is 5.75 Å². The molecule has 2 aromatic carbocycles. The Morgan fingerprint density at radius 1 is 0.920 bits per heavy atom. The minimum Gasteiger partial charge on any atom is -0.497 e. The van der Waals surface area contributed by atoms with Crippen LogP contribution in [0.25, 0.3) is 11.4 Å². The van der Waals surface area contributed by atoms with Crippen LogP contribution in [0.4, 0.5) is 0 Å². The molecule has 0 aliphatic heterocycles. The molecule has 1 aromatic heterocycles. The van der Waals surface area contributed by atoms with Crippen molar-refractivity contribution in [2.75, 3.05) is 21.3 Å². The summed E-state index contributed by atoms with van der Waals surface area (Å²) in [4.78, 5) is 4.53. The number of hydrogen-bond donors (Lipinski definition) is 1. The Hall–Kier alpha value is -2.67. The molecule has 3 aromatic rings. The number of aromatic nitrogens is 3. The van der Waals surface area contributed by atoms with Crippen molar-refractivity contribution in [1.29, 1.82) is 0 Å². The van der Waals surface area contributed by atoms with Gasteiger partial charge in [-0.25, -0.2) is 4.98 Å². The van der Waals surface area contributed by atoms with Crippen molar-refractivity contribution in [3.8, 4) is 28.6 Å². The lowest BCUT2D eigenvalue weighted by Gasteiger charge is -2.09.